The zero-order chi connectivity index (χ0) is 13.0. The topological polar surface area (TPSA) is 29.5 Å². The Morgan fingerprint density at radius 3 is 3.11 bits per heavy atom. The smallest absolute Gasteiger partial charge is 0.152 e. The molecule has 1 unspecified atom stereocenters. The van der Waals surface area contributed by atoms with E-state index in [0.717, 1.165) is 48.1 Å². The van der Waals surface area contributed by atoms with Crippen molar-refractivity contribution in [2.45, 2.75) is 12.8 Å². The lowest BCUT2D eigenvalue weighted by atomic mass is 9.98. The van der Waals surface area contributed by atoms with Crippen LogP contribution in [0, 0.1) is 5.92 Å². The zero-order valence-corrected chi connectivity index (χ0v) is 12.1. The van der Waals surface area contributed by atoms with Crippen LogP contribution in [0.25, 0.3) is 0 Å². The van der Waals surface area contributed by atoms with Crippen LogP contribution >= 0.6 is 15.9 Å². The van der Waals surface area contributed by atoms with Crippen molar-refractivity contribution in [2.75, 3.05) is 31.7 Å². The molecule has 98 valence electrons. The fourth-order valence-corrected chi connectivity index (χ4v) is 2.89. The Hall–Kier alpha value is -0.870. The molecule has 1 fully saturated rings. The Morgan fingerprint density at radius 2 is 2.39 bits per heavy atom. The van der Waals surface area contributed by atoms with Gasteiger partial charge in [0.2, 0.25) is 0 Å². The minimum absolute atomic E-state index is 0.558. The minimum Gasteiger partial charge on any atom is -0.384 e. The third-order valence-electron chi connectivity index (χ3n) is 3.38. The molecule has 0 N–H and O–H groups in total. The van der Waals surface area contributed by atoms with E-state index in [1.54, 1.807) is 7.11 Å². The summed E-state index contributed by atoms with van der Waals surface area (Å²) in [5.41, 5.74) is 1.79. The van der Waals surface area contributed by atoms with Crippen LogP contribution in [-0.2, 0) is 4.74 Å². The van der Waals surface area contributed by atoms with E-state index < -0.39 is 0 Å². The largest absolute Gasteiger partial charge is 0.384 e. The van der Waals surface area contributed by atoms with Crippen molar-refractivity contribution in [2.24, 2.45) is 5.92 Å². The number of benzene rings is 1. The molecule has 1 aromatic carbocycles. The van der Waals surface area contributed by atoms with Gasteiger partial charge in [-0.3, -0.25) is 4.79 Å². The molecular weight excluding hydrogens is 294 g/mol. The van der Waals surface area contributed by atoms with Crippen molar-refractivity contribution in [3.05, 3.63) is 28.2 Å². The molecule has 18 heavy (non-hydrogen) atoms. The predicted octanol–water partition coefficient (Wildman–Crippen LogP) is 3.12. The summed E-state index contributed by atoms with van der Waals surface area (Å²) in [5.74, 6) is 0.558. The van der Waals surface area contributed by atoms with Gasteiger partial charge < -0.3 is 9.64 Å². The SMILES string of the molecule is COCC1CCCN(c2cc(Br)ccc2C=O)C1. The van der Waals surface area contributed by atoms with Crippen LogP contribution in [0.2, 0.25) is 0 Å². The van der Waals surface area contributed by atoms with Gasteiger partial charge >= 0.3 is 0 Å². The number of ether oxygens (including phenoxy) is 1. The van der Waals surface area contributed by atoms with Crippen molar-refractivity contribution < 1.29 is 9.53 Å². The van der Waals surface area contributed by atoms with E-state index in [0.29, 0.717) is 5.92 Å². The highest BCUT2D eigenvalue weighted by molar-refractivity contribution is 9.10. The summed E-state index contributed by atoms with van der Waals surface area (Å²) < 4.78 is 6.25. The highest BCUT2D eigenvalue weighted by atomic mass is 79.9. The molecule has 1 aliphatic rings. The van der Waals surface area contributed by atoms with E-state index in [2.05, 4.69) is 20.8 Å². The summed E-state index contributed by atoms with van der Waals surface area (Å²) in [5, 5.41) is 0. The Bertz CT molecular complexity index is 420. The second-order valence-corrected chi connectivity index (χ2v) is 5.65. The van der Waals surface area contributed by atoms with Crippen LogP contribution in [0.15, 0.2) is 22.7 Å². The van der Waals surface area contributed by atoms with Crippen LogP contribution in [0.1, 0.15) is 23.2 Å². The van der Waals surface area contributed by atoms with Crippen LogP contribution < -0.4 is 4.90 Å². The van der Waals surface area contributed by atoms with Gasteiger partial charge in [0.1, 0.15) is 0 Å². The van der Waals surface area contributed by atoms with Gasteiger partial charge in [0.25, 0.3) is 0 Å². The molecule has 1 aromatic rings. The van der Waals surface area contributed by atoms with Crippen molar-refractivity contribution in [3.8, 4) is 0 Å². The molecule has 0 saturated carbocycles. The van der Waals surface area contributed by atoms with Gasteiger partial charge in [0.05, 0.1) is 6.61 Å². The number of halogens is 1. The number of hydrogen-bond acceptors (Lipinski definition) is 3. The number of nitrogens with zero attached hydrogens (tertiary/aromatic N) is 1. The van der Waals surface area contributed by atoms with E-state index in [1.807, 2.05) is 18.2 Å². The molecule has 4 heteroatoms. The molecule has 1 saturated heterocycles. The average molecular weight is 312 g/mol. The summed E-state index contributed by atoms with van der Waals surface area (Å²) in [6, 6.07) is 5.80. The van der Waals surface area contributed by atoms with Gasteiger partial charge in [0, 0.05) is 35.9 Å². The maximum atomic E-state index is 11.1. The second-order valence-electron chi connectivity index (χ2n) is 4.73. The van der Waals surface area contributed by atoms with E-state index in [-0.39, 0.29) is 0 Å². The summed E-state index contributed by atoms with van der Waals surface area (Å²) in [6.45, 7) is 2.77. The molecule has 1 atom stereocenters. The predicted molar refractivity (Wildman–Crippen MR) is 76.3 cm³/mol. The molecule has 3 nitrogen and oxygen atoms in total. The number of carbonyl (C=O) groups is 1. The number of hydrogen-bond donors (Lipinski definition) is 0. The zero-order valence-electron chi connectivity index (χ0n) is 10.6. The van der Waals surface area contributed by atoms with E-state index >= 15 is 0 Å². The summed E-state index contributed by atoms with van der Waals surface area (Å²) in [7, 11) is 1.74. The molecule has 0 spiro atoms. The first-order chi connectivity index (χ1) is 8.74. The van der Waals surface area contributed by atoms with E-state index in [9.17, 15) is 4.79 Å². The molecule has 1 heterocycles. The van der Waals surface area contributed by atoms with Gasteiger partial charge in [-0.15, -0.1) is 0 Å². The first-order valence-corrected chi connectivity index (χ1v) is 7.02. The molecule has 2 rings (SSSR count). The summed E-state index contributed by atoms with van der Waals surface area (Å²) in [6.07, 6.45) is 3.29. The van der Waals surface area contributed by atoms with Crippen LogP contribution in [-0.4, -0.2) is 33.1 Å². The van der Waals surface area contributed by atoms with E-state index in [1.165, 1.54) is 6.42 Å². The molecule has 0 aliphatic carbocycles. The second kappa shape index (κ2) is 6.34. The maximum absolute atomic E-state index is 11.1. The third kappa shape index (κ3) is 3.12. The van der Waals surface area contributed by atoms with Gasteiger partial charge in [-0.25, -0.2) is 0 Å². The number of carbonyl (C=O) groups excluding carboxylic acids is 1. The molecule has 0 amide bonds. The lowest BCUT2D eigenvalue weighted by Gasteiger charge is -2.34. The first kappa shape index (κ1) is 13.6. The summed E-state index contributed by atoms with van der Waals surface area (Å²) >= 11 is 3.47. The quantitative estimate of drug-likeness (QED) is 0.800. The standard InChI is InChI=1S/C14H18BrNO2/c1-18-10-11-3-2-6-16(8-11)14-7-13(15)5-4-12(14)9-17/h4-5,7,9,11H,2-3,6,8,10H2,1H3. The summed E-state index contributed by atoms with van der Waals surface area (Å²) in [4.78, 5) is 13.4. The fourth-order valence-electron chi connectivity index (χ4n) is 2.55. The van der Waals surface area contributed by atoms with Gasteiger partial charge in [-0.1, -0.05) is 15.9 Å². The Balaban J connectivity index is 2.19. The van der Waals surface area contributed by atoms with Crippen molar-refractivity contribution in [3.63, 3.8) is 0 Å². The third-order valence-corrected chi connectivity index (χ3v) is 3.87. The van der Waals surface area contributed by atoms with Gasteiger partial charge in [-0.05, 0) is 37.0 Å². The Kier molecular flexibility index (Phi) is 4.78. The van der Waals surface area contributed by atoms with Crippen LogP contribution in [0.5, 0.6) is 0 Å². The molecule has 1 aliphatic heterocycles. The molecule has 0 bridgehead atoms. The maximum Gasteiger partial charge on any atom is 0.152 e. The Morgan fingerprint density at radius 1 is 1.56 bits per heavy atom. The van der Waals surface area contributed by atoms with E-state index in [4.69, 9.17) is 4.74 Å². The number of rotatable bonds is 4. The van der Waals surface area contributed by atoms with Crippen molar-refractivity contribution >= 4 is 27.9 Å². The lowest BCUT2D eigenvalue weighted by molar-refractivity contribution is 0.112. The number of aldehydes is 1. The number of piperidine rings is 1. The van der Waals surface area contributed by atoms with Crippen LogP contribution in [0.4, 0.5) is 5.69 Å². The normalized spacial score (nSPS) is 19.9. The molecule has 0 aromatic heterocycles. The first-order valence-electron chi connectivity index (χ1n) is 6.23. The highest BCUT2D eigenvalue weighted by Crippen LogP contribution is 2.28. The Labute approximate surface area is 116 Å². The molecule has 0 radical (unpaired) electrons. The number of anilines is 1. The fraction of sp³-hybridized carbons (Fsp3) is 0.500. The van der Waals surface area contributed by atoms with Crippen molar-refractivity contribution in [1.29, 1.82) is 0 Å². The number of methoxy groups -OCH3 is 1. The van der Waals surface area contributed by atoms with Gasteiger partial charge in [-0.2, -0.15) is 0 Å². The van der Waals surface area contributed by atoms with Gasteiger partial charge in [0.15, 0.2) is 6.29 Å². The monoisotopic (exact) mass is 311 g/mol. The average Bonchev–Trinajstić information content (AvgIpc) is 2.39. The highest BCUT2D eigenvalue weighted by Gasteiger charge is 2.21. The lowest BCUT2D eigenvalue weighted by Crippen LogP contribution is -2.37. The molecular formula is C14H18BrNO2. The van der Waals surface area contributed by atoms with Crippen LogP contribution in [0.3, 0.4) is 0 Å². The minimum atomic E-state index is 0.558. The van der Waals surface area contributed by atoms with Crippen molar-refractivity contribution in [1.82, 2.24) is 0 Å².